The average molecular weight is 492 g/mol. The standard InChI is InChI=1S/C12H14Br3NO3S/c1-3-16(4-2)11(17)9-7-5-6-8-10(9)20(18,19)12(13,14)15/h5-8H,3-4H2,1-2H3. The van der Waals surface area contributed by atoms with Crippen molar-refractivity contribution >= 4 is 63.5 Å². The van der Waals surface area contributed by atoms with E-state index in [2.05, 4.69) is 47.8 Å². The maximum absolute atomic E-state index is 12.5. The van der Waals surface area contributed by atoms with Crippen LogP contribution in [-0.2, 0) is 9.84 Å². The number of rotatable bonds is 4. The van der Waals surface area contributed by atoms with Crippen molar-refractivity contribution in [2.24, 2.45) is 0 Å². The monoisotopic (exact) mass is 489 g/mol. The molecule has 0 bridgehead atoms. The molecular formula is C12H14Br3NO3S. The number of halogens is 3. The normalized spacial score (nSPS) is 12.2. The van der Waals surface area contributed by atoms with Gasteiger partial charge in [0.15, 0.2) is 0 Å². The Morgan fingerprint density at radius 1 is 1.15 bits per heavy atom. The smallest absolute Gasteiger partial charge is 0.255 e. The molecule has 0 N–H and O–H groups in total. The Labute approximate surface area is 144 Å². The molecule has 1 aromatic carbocycles. The van der Waals surface area contributed by atoms with Crippen LogP contribution in [0, 0.1) is 0 Å². The molecule has 0 aliphatic rings. The molecule has 0 aliphatic carbocycles. The lowest BCUT2D eigenvalue weighted by atomic mass is 10.2. The fourth-order valence-electron chi connectivity index (χ4n) is 1.68. The number of nitrogens with zero attached hydrogens (tertiary/aromatic N) is 1. The summed E-state index contributed by atoms with van der Waals surface area (Å²) >= 11 is 9.04. The number of alkyl halides is 3. The van der Waals surface area contributed by atoms with Gasteiger partial charge in [0, 0.05) is 13.1 Å². The lowest BCUT2D eigenvalue weighted by Gasteiger charge is -2.22. The first kappa shape index (κ1) is 18.1. The van der Waals surface area contributed by atoms with Gasteiger partial charge in [-0.25, -0.2) is 8.42 Å². The minimum Gasteiger partial charge on any atom is -0.339 e. The highest BCUT2D eigenvalue weighted by molar-refractivity contribution is 9.42. The first-order valence-electron chi connectivity index (χ1n) is 5.86. The summed E-state index contributed by atoms with van der Waals surface area (Å²) in [6.45, 7) is 4.74. The lowest BCUT2D eigenvalue weighted by molar-refractivity contribution is 0.0769. The summed E-state index contributed by atoms with van der Waals surface area (Å²) in [7, 11) is -3.80. The van der Waals surface area contributed by atoms with Crippen LogP contribution in [0.4, 0.5) is 0 Å². The molecule has 0 saturated carbocycles. The van der Waals surface area contributed by atoms with Crippen LogP contribution in [0.1, 0.15) is 24.2 Å². The number of hydrogen-bond acceptors (Lipinski definition) is 3. The van der Waals surface area contributed by atoms with Crippen LogP contribution in [0.3, 0.4) is 0 Å². The molecule has 0 radical (unpaired) electrons. The van der Waals surface area contributed by atoms with E-state index in [0.717, 1.165) is 0 Å². The molecule has 112 valence electrons. The first-order valence-corrected chi connectivity index (χ1v) is 9.72. The first-order chi connectivity index (χ1) is 9.16. The van der Waals surface area contributed by atoms with Gasteiger partial charge in [-0.1, -0.05) is 12.1 Å². The average Bonchev–Trinajstić information content (AvgIpc) is 2.38. The molecule has 0 aromatic heterocycles. The molecule has 20 heavy (non-hydrogen) atoms. The molecule has 8 heteroatoms. The van der Waals surface area contributed by atoms with Crippen LogP contribution >= 0.6 is 47.8 Å². The Morgan fingerprint density at radius 3 is 2.10 bits per heavy atom. The summed E-state index contributed by atoms with van der Waals surface area (Å²) in [5, 5.41) is 0. The van der Waals surface area contributed by atoms with Crippen LogP contribution in [0.5, 0.6) is 0 Å². The highest BCUT2D eigenvalue weighted by Gasteiger charge is 2.39. The quantitative estimate of drug-likeness (QED) is 0.603. The SMILES string of the molecule is CCN(CC)C(=O)c1ccccc1S(=O)(=O)C(Br)(Br)Br. The summed E-state index contributed by atoms with van der Waals surface area (Å²) in [6.07, 6.45) is 0. The van der Waals surface area contributed by atoms with Crippen LogP contribution < -0.4 is 0 Å². The lowest BCUT2D eigenvalue weighted by Crippen LogP contribution is -2.32. The summed E-state index contributed by atoms with van der Waals surface area (Å²) < 4.78 is 23.4. The summed E-state index contributed by atoms with van der Waals surface area (Å²) in [4.78, 5) is 14.0. The molecule has 0 aliphatic heterocycles. The third kappa shape index (κ3) is 3.64. The number of amides is 1. The predicted molar refractivity (Wildman–Crippen MR) is 90.4 cm³/mol. The zero-order valence-corrected chi connectivity index (χ0v) is 16.5. The summed E-state index contributed by atoms with van der Waals surface area (Å²) in [5.41, 5.74) is 0.166. The Balaban J connectivity index is 3.44. The molecule has 0 saturated heterocycles. The van der Waals surface area contributed by atoms with Gasteiger partial charge in [0.1, 0.15) is 0 Å². The second-order valence-corrected chi connectivity index (χ2v) is 14.3. The number of benzene rings is 1. The van der Waals surface area contributed by atoms with Crippen molar-refractivity contribution < 1.29 is 13.2 Å². The minimum atomic E-state index is -3.80. The van der Waals surface area contributed by atoms with Gasteiger partial charge in [-0.3, -0.25) is 4.79 Å². The predicted octanol–water partition coefficient (Wildman–Crippen LogP) is 3.74. The van der Waals surface area contributed by atoms with E-state index < -0.39 is 11.3 Å². The van der Waals surface area contributed by atoms with Crippen molar-refractivity contribution in [3.05, 3.63) is 29.8 Å². The number of hydrogen-bond donors (Lipinski definition) is 0. The van der Waals surface area contributed by atoms with Gasteiger partial charge < -0.3 is 4.90 Å². The third-order valence-corrected chi connectivity index (χ3v) is 8.14. The topological polar surface area (TPSA) is 54.5 Å². The molecular weight excluding hydrogens is 478 g/mol. The van der Waals surface area contributed by atoms with E-state index >= 15 is 0 Å². The molecule has 0 unspecified atom stereocenters. The molecule has 0 spiro atoms. The van der Waals surface area contributed by atoms with Crippen molar-refractivity contribution in [1.82, 2.24) is 4.90 Å². The molecule has 1 rings (SSSR count). The van der Waals surface area contributed by atoms with Gasteiger partial charge in [0.25, 0.3) is 5.91 Å². The van der Waals surface area contributed by atoms with Gasteiger partial charge in [-0.05, 0) is 73.8 Å². The van der Waals surface area contributed by atoms with Crippen LogP contribution in [0.2, 0.25) is 0 Å². The molecule has 1 amide bonds. The van der Waals surface area contributed by atoms with Crippen molar-refractivity contribution in [2.45, 2.75) is 20.2 Å². The van der Waals surface area contributed by atoms with Gasteiger partial charge >= 0.3 is 0 Å². The Morgan fingerprint density at radius 2 is 1.65 bits per heavy atom. The second-order valence-electron chi connectivity index (χ2n) is 3.92. The fourth-order valence-corrected chi connectivity index (χ4v) is 4.20. The van der Waals surface area contributed by atoms with Crippen molar-refractivity contribution in [2.75, 3.05) is 13.1 Å². The maximum atomic E-state index is 12.5. The summed E-state index contributed by atoms with van der Waals surface area (Å²) in [6, 6.07) is 6.18. The van der Waals surface area contributed by atoms with Gasteiger partial charge in [0.05, 0.1) is 10.5 Å². The van der Waals surface area contributed by atoms with E-state index in [1.54, 1.807) is 17.0 Å². The van der Waals surface area contributed by atoms with E-state index in [1.807, 2.05) is 13.8 Å². The molecule has 0 atom stereocenters. The summed E-state index contributed by atoms with van der Waals surface area (Å²) in [5.74, 6) is -0.300. The molecule has 1 aromatic rings. The van der Waals surface area contributed by atoms with Crippen molar-refractivity contribution in [3.63, 3.8) is 0 Å². The van der Waals surface area contributed by atoms with Crippen LogP contribution in [-0.4, -0.2) is 33.8 Å². The molecule has 4 nitrogen and oxygen atoms in total. The highest BCUT2D eigenvalue weighted by atomic mass is 80.0. The largest absolute Gasteiger partial charge is 0.339 e. The van der Waals surface area contributed by atoms with Gasteiger partial charge in [-0.15, -0.1) is 0 Å². The Bertz CT molecular complexity index is 592. The van der Waals surface area contributed by atoms with E-state index in [9.17, 15) is 13.2 Å². The number of sulfone groups is 1. The van der Waals surface area contributed by atoms with E-state index in [1.165, 1.54) is 12.1 Å². The van der Waals surface area contributed by atoms with Gasteiger partial charge in [-0.2, -0.15) is 0 Å². The molecule has 0 heterocycles. The van der Waals surface area contributed by atoms with Crippen molar-refractivity contribution in [3.8, 4) is 0 Å². The van der Waals surface area contributed by atoms with Crippen LogP contribution in [0.25, 0.3) is 0 Å². The van der Waals surface area contributed by atoms with Gasteiger partial charge in [0.2, 0.25) is 11.3 Å². The highest BCUT2D eigenvalue weighted by Crippen LogP contribution is 2.44. The Kier molecular flexibility index (Phi) is 6.25. The molecule has 0 fully saturated rings. The number of carbonyl (C=O) groups is 1. The minimum absolute atomic E-state index is 0.0254. The zero-order chi connectivity index (χ0) is 15.6. The second kappa shape index (κ2) is 6.89. The van der Waals surface area contributed by atoms with E-state index in [0.29, 0.717) is 13.1 Å². The Hall–Kier alpha value is 0.0800. The van der Waals surface area contributed by atoms with Crippen molar-refractivity contribution in [1.29, 1.82) is 0 Å². The van der Waals surface area contributed by atoms with E-state index in [-0.39, 0.29) is 16.4 Å². The fraction of sp³-hybridized carbons (Fsp3) is 0.417. The van der Waals surface area contributed by atoms with Crippen LogP contribution in [0.15, 0.2) is 29.2 Å². The number of carbonyl (C=O) groups excluding carboxylic acids is 1. The zero-order valence-electron chi connectivity index (χ0n) is 10.9. The maximum Gasteiger partial charge on any atom is 0.255 e. The van der Waals surface area contributed by atoms with E-state index in [4.69, 9.17) is 0 Å². The third-order valence-electron chi connectivity index (χ3n) is 2.76.